The van der Waals surface area contributed by atoms with E-state index in [-0.39, 0.29) is 28.3 Å². The van der Waals surface area contributed by atoms with Crippen LogP contribution in [-0.4, -0.2) is 16.0 Å². The molecule has 3 aromatic carbocycles. The topological polar surface area (TPSA) is 46.2 Å². The Labute approximate surface area is 218 Å². The van der Waals surface area contributed by atoms with Crippen molar-refractivity contribution in [2.75, 3.05) is 5.32 Å². The van der Waals surface area contributed by atoms with Gasteiger partial charge in [-0.2, -0.15) is 0 Å². The monoisotopic (exact) mass is 561 g/mol. The van der Waals surface area contributed by atoms with Crippen molar-refractivity contribution in [1.82, 2.24) is 0 Å². The number of hydrogen-bond acceptors (Lipinski definition) is 2. The van der Waals surface area contributed by atoms with Crippen molar-refractivity contribution in [2.45, 2.75) is 16.7 Å². The summed E-state index contributed by atoms with van der Waals surface area (Å²) in [5, 5.41) is 3.48. The molecule has 0 radical (unpaired) electrons. The van der Waals surface area contributed by atoms with Crippen molar-refractivity contribution in [3.8, 4) is 0 Å². The third kappa shape index (κ3) is 5.05. The number of alkyl halides is 2. The van der Waals surface area contributed by atoms with E-state index in [0.717, 1.165) is 6.07 Å². The van der Waals surface area contributed by atoms with E-state index in [9.17, 15) is 18.4 Å². The van der Waals surface area contributed by atoms with E-state index in [4.69, 9.17) is 58.0 Å². The minimum atomic E-state index is -1.35. The zero-order valence-corrected chi connectivity index (χ0v) is 20.8. The Balaban J connectivity index is 1.51. The zero-order chi connectivity index (χ0) is 24.8. The van der Waals surface area contributed by atoms with Crippen LogP contribution in [0.25, 0.3) is 0 Å². The van der Waals surface area contributed by atoms with Crippen LogP contribution in [0.3, 0.4) is 0 Å². The highest BCUT2D eigenvalue weighted by atomic mass is 35.5. The van der Waals surface area contributed by atoms with Gasteiger partial charge in [0.15, 0.2) is 5.78 Å². The third-order valence-electron chi connectivity index (χ3n) is 5.54. The molecule has 0 aliphatic heterocycles. The molecule has 1 amide bonds. The lowest BCUT2D eigenvalue weighted by molar-refractivity contribution is -0.117. The molecule has 4 rings (SSSR count). The van der Waals surface area contributed by atoms with Gasteiger partial charge >= 0.3 is 0 Å². The van der Waals surface area contributed by atoms with Gasteiger partial charge in [-0.25, -0.2) is 8.78 Å². The Hall–Kier alpha value is -1.89. The molecule has 1 fully saturated rings. The van der Waals surface area contributed by atoms with Gasteiger partial charge in [0, 0.05) is 29.7 Å². The van der Waals surface area contributed by atoms with Gasteiger partial charge in [0.25, 0.3) is 0 Å². The normalized spacial score (nSPS) is 18.4. The fraction of sp³-hybridized carbons (Fsp3) is 0.167. The second kappa shape index (κ2) is 9.63. The first-order valence-electron chi connectivity index (χ1n) is 9.89. The second-order valence-electron chi connectivity index (χ2n) is 7.82. The molecule has 0 heterocycles. The number of nitrogens with one attached hydrogen (secondary N) is 1. The lowest BCUT2D eigenvalue weighted by atomic mass is 10.0. The molecule has 10 heteroatoms. The largest absolute Gasteiger partial charge is 0.326 e. The van der Waals surface area contributed by atoms with Crippen molar-refractivity contribution in [3.05, 3.63) is 98.0 Å². The smallest absolute Gasteiger partial charge is 0.231 e. The number of halogens is 7. The molecule has 3 nitrogen and oxygen atoms in total. The Morgan fingerprint density at radius 3 is 2.26 bits per heavy atom. The maximum Gasteiger partial charge on any atom is 0.231 e. The number of hydrogen-bond donors (Lipinski definition) is 1. The number of ketones is 1. The highest BCUT2D eigenvalue weighted by Crippen LogP contribution is 2.65. The number of benzene rings is 3. The van der Waals surface area contributed by atoms with E-state index in [1.807, 2.05) is 0 Å². The molecule has 2 atom stereocenters. The van der Waals surface area contributed by atoms with Crippen LogP contribution in [0.1, 0.15) is 27.4 Å². The molecule has 3 aromatic rings. The number of anilines is 1. The Bertz CT molecular complexity index is 1310. The van der Waals surface area contributed by atoms with Crippen LogP contribution in [0.2, 0.25) is 15.1 Å². The van der Waals surface area contributed by atoms with Gasteiger partial charge in [-0.05, 0) is 47.5 Å². The highest BCUT2D eigenvalue weighted by molar-refractivity contribution is 6.53. The average Bonchev–Trinajstić information content (AvgIpc) is 3.35. The van der Waals surface area contributed by atoms with E-state index < -0.39 is 39.5 Å². The van der Waals surface area contributed by atoms with Crippen molar-refractivity contribution in [1.29, 1.82) is 0 Å². The molecule has 1 aliphatic rings. The molecular weight excluding hydrogens is 550 g/mol. The molecule has 176 valence electrons. The maximum atomic E-state index is 13.9. The van der Waals surface area contributed by atoms with E-state index in [0.29, 0.717) is 21.7 Å². The SMILES string of the molecule is O=C(Cc1ccc(F)cc1F)c1cc(NC(=O)[C@H]2[C@H](c3ccc(Cl)c(Cl)c3)C2(Cl)Cl)ccc1Cl. The summed E-state index contributed by atoms with van der Waals surface area (Å²) in [4.78, 5) is 25.7. The summed E-state index contributed by atoms with van der Waals surface area (Å²) in [5.41, 5.74) is 1.03. The predicted molar refractivity (Wildman–Crippen MR) is 132 cm³/mol. The summed E-state index contributed by atoms with van der Waals surface area (Å²) >= 11 is 30.9. The van der Waals surface area contributed by atoms with Crippen LogP contribution in [0.5, 0.6) is 0 Å². The van der Waals surface area contributed by atoms with Crippen molar-refractivity contribution in [3.63, 3.8) is 0 Å². The highest BCUT2D eigenvalue weighted by Gasteiger charge is 2.67. The van der Waals surface area contributed by atoms with Gasteiger partial charge in [-0.3, -0.25) is 9.59 Å². The van der Waals surface area contributed by atoms with Gasteiger partial charge in [-0.1, -0.05) is 46.9 Å². The van der Waals surface area contributed by atoms with E-state index in [2.05, 4.69) is 5.32 Å². The Morgan fingerprint density at radius 1 is 0.882 bits per heavy atom. The molecule has 0 spiro atoms. The molecule has 34 heavy (non-hydrogen) atoms. The van der Waals surface area contributed by atoms with Crippen LogP contribution in [0, 0.1) is 17.6 Å². The number of carbonyl (C=O) groups excluding carboxylic acids is 2. The number of rotatable bonds is 6. The maximum absolute atomic E-state index is 13.9. The number of carbonyl (C=O) groups is 2. The van der Waals surface area contributed by atoms with Gasteiger partial charge in [0.05, 0.1) is 21.0 Å². The Kier molecular flexibility index (Phi) is 7.14. The summed E-state index contributed by atoms with van der Waals surface area (Å²) < 4.78 is 25.7. The fourth-order valence-corrected chi connectivity index (χ4v) is 5.10. The molecule has 0 saturated heterocycles. The number of amides is 1. The molecule has 1 aliphatic carbocycles. The minimum Gasteiger partial charge on any atom is -0.326 e. The molecule has 0 aromatic heterocycles. The van der Waals surface area contributed by atoms with Gasteiger partial charge < -0.3 is 5.32 Å². The van der Waals surface area contributed by atoms with Crippen molar-refractivity contribution >= 4 is 75.4 Å². The minimum absolute atomic E-state index is 0.0217. The molecule has 0 bridgehead atoms. The molecule has 1 saturated carbocycles. The van der Waals surface area contributed by atoms with Gasteiger partial charge in [0.1, 0.15) is 16.0 Å². The van der Waals surface area contributed by atoms with Crippen LogP contribution < -0.4 is 5.32 Å². The summed E-state index contributed by atoms with van der Waals surface area (Å²) in [7, 11) is 0. The van der Waals surface area contributed by atoms with Gasteiger partial charge in [-0.15, -0.1) is 23.2 Å². The van der Waals surface area contributed by atoms with Crippen molar-refractivity contribution in [2.24, 2.45) is 5.92 Å². The van der Waals surface area contributed by atoms with Crippen LogP contribution >= 0.6 is 58.0 Å². The first-order valence-corrected chi connectivity index (χ1v) is 11.8. The third-order valence-corrected chi connectivity index (χ3v) is 7.55. The number of Topliss-reactive ketones (excluding diaryl/α,β-unsaturated/α-hetero) is 1. The van der Waals surface area contributed by atoms with Gasteiger partial charge in [0.2, 0.25) is 5.91 Å². The molecule has 0 unspecified atom stereocenters. The standard InChI is InChI=1S/C24H14Cl5F2NO2/c25-16-6-4-14(10-15(16)20(33)8-11-1-3-13(30)9-19(11)31)32-23(34)22-21(24(22,28)29)12-2-5-17(26)18(27)7-12/h1-7,9-10,21-22H,8H2,(H,32,34)/t21-,22+/m0/s1. The van der Waals surface area contributed by atoms with E-state index in [1.165, 1.54) is 24.3 Å². The Morgan fingerprint density at radius 2 is 1.59 bits per heavy atom. The van der Waals surface area contributed by atoms with Crippen LogP contribution in [-0.2, 0) is 11.2 Å². The predicted octanol–water partition coefficient (Wildman–Crippen LogP) is 7.88. The first kappa shape index (κ1) is 25.2. The molecular formula is C24H14Cl5F2NO2. The molecule has 1 N–H and O–H groups in total. The summed E-state index contributed by atoms with van der Waals surface area (Å²) in [5.74, 6) is -3.85. The lowest BCUT2D eigenvalue weighted by Crippen LogP contribution is -2.17. The lowest BCUT2D eigenvalue weighted by Gasteiger charge is -2.10. The van der Waals surface area contributed by atoms with E-state index in [1.54, 1.807) is 18.2 Å². The van der Waals surface area contributed by atoms with Crippen LogP contribution in [0.4, 0.5) is 14.5 Å². The zero-order valence-electron chi connectivity index (χ0n) is 17.0. The summed E-state index contributed by atoms with van der Waals surface area (Å²) in [6, 6.07) is 12.2. The first-order chi connectivity index (χ1) is 16.0. The average molecular weight is 564 g/mol. The van der Waals surface area contributed by atoms with Crippen molar-refractivity contribution < 1.29 is 18.4 Å². The fourth-order valence-electron chi connectivity index (χ4n) is 3.74. The van der Waals surface area contributed by atoms with E-state index >= 15 is 0 Å². The summed E-state index contributed by atoms with van der Waals surface area (Å²) in [6.07, 6.45) is -0.336. The summed E-state index contributed by atoms with van der Waals surface area (Å²) in [6.45, 7) is 0. The quantitative estimate of drug-likeness (QED) is 0.245. The second-order valence-corrected chi connectivity index (χ2v) is 10.5. The van der Waals surface area contributed by atoms with Crippen LogP contribution in [0.15, 0.2) is 54.6 Å².